The second kappa shape index (κ2) is 37.2. The standard InChI is InChI=1S/C47H82O12S/c1-3-5-7-9-11-13-15-17-19-20-22-23-25-27-29-31-33-35-42(48)56-37-40(38-57-47-46(52)45(51)44(50)41(59-47)39-60(53,54)55)58-43(49)36-34-32-30-28-26-24-21-18-16-14-12-10-8-6-4-2/h22-23,27,29-30,32,34,36,40-41,44-47,50-52H,3-21,24-26,28,31,33,35,37-39H2,1-2H3,(H,53,54,55)/b23-22+,29-27+,32-30+,36-34+/t40-,41-,44-,45?,46?,47+/m1/s1. The van der Waals surface area contributed by atoms with Crippen LogP contribution in [-0.4, -0.2) is 96.0 Å². The molecule has 0 aliphatic carbocycles. The minimum atomic E-state index is -4.62. The van der Waals surface area contributed by atoms with Crippen LogP contribution in [0.1, 0.15) is 181 Å². The summed E-state index contributed by atoms with van der Waals surface area (Å²) in [6.45, 7) is 3.63. The van der Waals surface area contributed by atoms with E-state index in [0.717, 1.165) is 32.1 Å². The van der Waals surface area contributed by atoms with E-state index in [2.05, 4.69) is 32.1 Å². The number of rotatable bonds is 38. The van der Waals surface area contributed by atoms with Gasteiger partial charge in [0.25, 0.3) is 10.1 Å². The van der Waals surface area contributed by atoms with Crippen LogP contribution >= 0.6 is 0 Å². The lowest BCUT2D eigenvalue weighted by atomic mass is 10.00. The topological polar surface area (TPSA) is 186 Å². The first kappa shape index (κ1) is 55.6. The van der Waals surface area contributed by atoms with Crippen LogP contribution in [-0.2, 0) is 38.7 Å². The van der Waals surface area contributed by atoms with E-state index in [1.165, 1.54) is 122 Å². The smallest absolute Gasteiger partial charge is 0.331 e. The lowest BCUT2D eigenvalue weighted by molar-refractivity contribution is -0.297. The third-order valence-electron chi connectivity index (χ3n) is 10.5. The normalized spacial score (nSPS) is 20.5. The minimum absolute atomic E-state index is 0.135. The van der Waals surface area contributed by atoms with Crippen molar-refractivity contribution in [3.63, 3.8) is 0 Å². The largest absolute Gasteiger partial charge is 0.462 e. The van der Waals surface area contributed by atoms with E-state index >= 15 is 0 Å². The lowest BCUT2D eigenvalue weighted by Crippen LogP contribution is -2.60. The number of unbranched alkanes of at least 4 members (excludes halogenated alkanes) is 21. The summed E-state index contributed by atoms with van der Waals surface area (Å²) in [7, 11) is -4.62. The highest BCUT2D eigenvalue weighted by atomic mass is 32.2. The van der Waals surface area contributed by atoms with E-state index in [1.807, 2.05) is 12.2 Å². The van der Waals surface area contributed by atoms with Crippen molar-refractivity contribution < 1.29 is 56.8 Å². The van der Waals surface area contributed by atoms with Crippen LogP contribution in [0.4, 0.5) is 0 Å². The van der Waals surface area contributed by atoms with E-state index in [0.29, 0.717) is 12.8 Å². The summed E-state index contributed by atoms with van der Waals surface area (Å²) in [6, 6.07) is 0. The van der Waals surface area contributed by atoms with Gasteiger partial charge in [-0.2, -0.15) is 8.42 Å². The average Bonchev–Trinajstić information content (AvgIpc) is 3.21. The van der Waals surface area contributed by atoms with Gasteiger partial charge in [-0.25, -0.2) is 4.79 Å². The Labute approximate surface area is 363 Å². The van der Waals surface area contributed by atoms with Gasteiger partial charge in [0.15, 0.2) is 12.4 Å². The summed E-state index contributed by atoms with van der Waals surface area (Å²) < 4.78 is 53.8. The van der Waals surface area contributed by atoms with Gasteiger partial charge < -0.3 is 34.3 Å². The fourth-order valence-electron chi connectivity index (χ4n) is 6.86. The molecule has 1 fully saturated rings. The van der Waals surface area contributed by atoms with Crippen molar-refractivity contribution in [3.8, 4) is 0 Å². The molecule has 1 aliphatic rings. The quantitative estimate of drug-likeness (QED) is 0.0115. The molecule has 13 heteroatoms. The van der Waals surface area contributed by atoms with E-state index in [1.54, 1.807) is 12.2 Å². The second-order valence-electron chi connectivity index (χ2n) is 16.1. The van der Waals surface area contributed by atoms with Gasteiger partial charge >= 0.3 is 11.9 Å². The van der Waals surface area contributed by atoms with Crippen molar-refractivity contribution in [2.24, 2.45) is 0 Å². The van der Waals surface area contributed by atoms with Crippen LogP contribution in [0.15, 0.2) is 48.6 Å². The number of hydrogen-bond donors (Lipinski definition) is 4. The van der Waals surface area contributed by atoms with Gasteiger partial charge in [0.2, 0.25) is 0 Å². The maximum absolute atomic E-state index is 12.7. The maximum Gasteiger partial charge on any atom is 0.331 e. The fraction of sp³-hybridized carbons (Fsp3) is 0.787. The van der Waals surface area contributed by atoms with Gasteiger partial charge in [0.05, 0.1) is 6.61 Å². The molecule has 12 nitrogen and oxygen atoms in total. The molecule has 0 aromatic carbocycles. The Kier molecular flexibility index (Phi) is 34.5. The molecule has 1 rings (SSSR count). The number of ether oxygens (including phenoxy) is 4. The van der Waals surface area contributed by atoms with Crippen LogP contribution in [0.25, 0.3) is 0 Å². The summed E-state index contributed by atoms with van der Waals surface area (Å²) in [5.74, 6) is -2.31. The summed E-state index contributed by atoms with van der Waals surface area (Å²) in [6.07, 6.45) is 35.1. The maximum atomic E-state index is 12.7. The highest BCUT2D eigenvalue weighted by molar-refractivity contribution is 7.85. The van der Waals surface area contributed by atoms with Gasteiger partial charge in [0, 0.05) is 12.5 Å². The molecule has 1 saturated heterocycles. The van der Waals surface area contributed by atoms with Crippen LogP contribution < -0.4 is 0 Å². The first-order valence-electron chi connectivity index (χ1n) is 23.2. The zero-order valence-corrected chi connectivity index (χ0v) is 37.9. The van der Waals surface area contributed by atoms with E-state index in [9.17, 15) is 37.9 Å². The summed E-state index contributed by atoms with van der Waals surface area (Å²) in [5.41, 5.74) is 0. The molecule has 0 amide bonds. The molecule has 1 aliphatic heterocycles. The Balaban J connectivity index is 2.52. The first-order chi connectivity index (χ1) is 29.0. The Hall–Kier alpha value is -2.39. The van der Waals surface area contributed by atoms with Crippen LogP contribution in [0, 0.1) is 0 Å². The number of carbonyl (C=O) groups excluding carboxylic acids is 2. The molecular formula is C47H82O12S. The molecule has 0 aromatic rings. The van der Waals surface area contributed by atoms with Crippen molar-refractivity contribution in [1.82, 2.24) is 0 Å². The van der Waals surface area contributed by atoms with Crippen molar-refractivity contribution in [1.29, 1.82) is 0 Å². The average molecular weight is 871 g/mol. The van der Waals surface area contributed by atoms with Gasteiger partial charge in [-0.15, -0.1) is 0 Å². The first-order valence-corrected chi connectivity index (χ1v) is 24.8. The molecule has 0 radical (unpaired) electrons. The summed E-state index contributed by atoms with van der Waals surface area (Å²) in [5, 5.41) is 30.8. The number of aliphatic hydroxyl groups excluding tert-OH is 3. The zero-order chi connectivity index (χ0) is 44.1. The molecule has 1 heterocycles. The predicted octanol–water partition coefficient (Wildman–Crippen LogP) is 9.56. The third-order valence-corrected chi connectivity index (χ3v) is 11.2. The highest BCUT2D eigenvalue weighted by Gasteiger charge is 2.46. The Bertz CT molecular complexity index is 1300. The number of esters is 2. The van der Waals surface area contributed by atoms with Crippen LogP contribution in [0.3, 0.4) is 0 Å². The molecular weight excluding hydrogens is 789 g/mol. The second-order valence-corrected chi connectivity index (χ2v) is 17.6. The molecule has 0 saturated carbocycles. The van der Waals surface area contributed by atoms with Crippen LogP contribution in [0.5, 0.6) is 0 Å². The molecule has 6 atom stereocenters. The van der Waals surface area contributed by atoms with Crippen molar-refractivity contribution in [2.75, 3.05) is 19.0 Å². The van der Waals surface area contributed by atoms with Gasteiger partial charge in [0.1, 0.15) is 36.8 Å². The Morgan fingerprint density at radius 3 is 1.65 bits per heavy atom. The number of hydrogen-bond acceptors (Lipinski definition) is 11. The van der Waals surface area contributed by atoms with Crippen molar-refractivity contribution >= 4 is 22.1 Å². The lowest BCUT2D eigenvalue weighted by Gasteiger charge is -2.40. The molecule has 2 unspecified atom stereocenters. The van der Waals surface area contributed by atoms with Crippen molar-refractivity contribution in [3.05, 3.63) is 48.6 Å². The molecule has 0 spiro atoms. The van der Waals surface area contributed by atoms with Gasteiger partial charge in [-0.1, -0.05) is 172 Å². The minimum Gasteiger partial charge on any atom is -0.462 e. The summed E-state index contributed by atoms with van der Waals surface area (Å²) >= 11 is 0. The number of allylic oxidation sites excluding steroid dienone is 7. The van der Waals surface area contributed by atoms with Crippen LogP contribution in [0.2, 0.25) is 0 Å². The van der Waals surface area contributed by atoms with E-state index in [4.69, 9.17) is 18.9 Å². The fourth-order valence-corrected chi connectivity index (χ4v) is 7.55. The molecule has 0 aromatic heterocycles. The number of carbonyl (C=O) groups is 2. The van der Waals surface area contributed by atoms with Gasteiger partial charge in [-0.3, -0.25) is 9.35 Å². The zero-order valence-electron chi connectivity index (χ0n) is 37.1. The number of aliphatic hydroxyl groups is 3. The predicted molar refractivity (Wildman–Crippen MR) is 238 cm³/mol. The highest BCUT2D eigenvalue weighted by Crippen LogP contribution is 2.24. The monoisotopic (exact) mass is 871 g/mol. The van der Waals surface area contributed by atoms with Crippen molar-refractivity contribution in [2.45, 2.75) is 218 Å². The third kappa shape index (κ3) is 31.5. The van der Waals surface area contributed by atoms with E-state index < -0.39 is 71.2 Å². The molecule has 348 valence electrons. The Morgan fingerprint density at radius 2 is 1.12 bits per heavy atom. The molecule has 60 heavy (non-hydrogen) atoms. The SMILES string of the molecule is CCCCCCCCCCC/C=C/C/C=C/CCCC(=O)OC[C@H](CO[C@H]1O[C@H](CS(=O)(=O)O)[C@@H](O)C(O)C1O)OC(=O)/C=C/C=C/CCCCCCCCCCCCC. The van der Waals surface area contributed by atoms with E-state index in [-0.39, 0.29) is 13.0 Å². The molecule has 4 N–H and O–H groups in total. The molecule has 0 bridgehead atoms. The Morgan fingerprint density at radius 1 is 0.617 bits per heavy atom. The summed E-state index contributed by atoms with van der Waals surface area (Å²) in [4.78, 5) is 25.3. The van der Waals surface area contributed by atoms with Gasteiger partial charge in [-0.05, 0) is 44.9 Å².